The lowest BCUT2D eigenvalue weighted by Crippen LogP contribution is -2.47. The molecular weight excluding hydrogens is 376 g/mol. The third-order valence-electron chi connectivity index (χ3n) is 4.36. The standard InChI is InChI=1S/C21H28N2O4S/c1-5-6-16-7-9-17(10-8-16)22-21(24)20(15(2)3)23-28(25,26)19-13-11-18(27-4)12-14-19/h7-15,20,23H,5-6H2,1-4H3,(H,22,24). The van der Waals surface area contributed by atoms with Gasteiger partial charge in [0.05, 0.1) is 12.0 Å². The van der Waals surface area contributed by atoms with E-state index in [0.717, 1.165) is 12.8 Å². The van der Waals surface area contributed by atoms with Crippen LogP contribution in [0.4, 0.5) is 5.69 Å². The Hall–Kier alpha value is -2.38. The minimum absolute atomic E-state index is 0.0793. The smallest absolute Gasteiger partial charge is 0.242 e. The molecule has 0 radical (unpaired) electrons. The van der Waals surface area contributed by atoms with Crippen LogP contribution in [0.2, 0.25) is 0 Å². The van der Waals surface area contributed by atoms with Crippen molar-refractivity contribution in [3.05, 3.63) is 54.1 Å². The Kier molecular flexibility index (Phi) is 7.60. The van der Waals surface area contributed by atoms with Crippen LogP contribution in [0, 0.1) is 5.92 Å². The van der Waals surface area contributed by atoms with E-state index in [2.05, 4.69) is 17.0 Å². The Morgan fingerprint density at radius 1 is 1.04 bits per heavy atom. The van der Waals surface area contributed by atoms with Crippen molar-refractivity contribution in [3.8, 4) is 5.75 Å². The number of benzene rings is 2. The molecule has 0 aliphatic carbocycles. The first-order valence-corrected chi connectivity index (χ1v) is 10.8. The second kappa shape index (κ2) is 9.71. The number of rotatable bonds is 9. The average Bonchev–Trinajstić information content (AvgIpc) is 2.67. The Bertz CT molecular complexity index is 876. The van der Waals surface area contributed by atoms with Crippen LogP contribution in [0.5, 0.6) is 5.75 Å². The molecule has 1 atom stereocenters. The molecule has 152 valence electrons. The van der Waals surface area contributed by atoms with Crippen molar-refractivity contribution < 1.29 is 17.9 Å². The highest BCUT2D eigenvalue weighted by Crippen LogP contribution is 2.18. The van der Waals surface area contributed by atoms with Gasteiger partial charge < -0.3 is 10.1 Å². The number of carbonyl (C=O) groups excluding carboxylic acids is 1. The van der Waals surface area contributed by atoms with Crippen molar-refractivity contribution in [1.29, 1.82) is 0 Å². The van der Waals surface area contributed by atoms with Crippen molar-refractivity contribution in [2.45, 2.75) is 44.6 Å². The molecule has 28 heavy (non-hydrogen) atoms. The van der Waals surface area contributed by atoms with E-state index < -0.39 is 22.0 Å². The molecule has 0 aliphatic heterocycles. The predicted molar refractivity (Wildman–Crippen MR) is 111 cm³/mol. The van der Waals surface area contributed by atoms with Crippen molar-refractivity contribution in [2.75, 3.05) is 12.4 Å². The summed E-state index contributed by atoms with van der Waals surface area (Å²) in [5, 5.41) is 2.80. The van der Waals surface area contributed by atoms with E-state index in [-0.39, 0.29) is 10.8 Å². The highest BCUT2D eigenvalue weighted by atomic mass is 32.2. The molecule has 1 unspecified atom stereocenters. The van der Waals surface area contributed by atoms with Gasteiger partial charge >= 0.3 is 0 Å². The first kappa shape index (κ1) is 21.9. The maximum Gasteiger partial charge on any atom is 0.242 e. The molecule has 0 saturated heterocycles. The monoisotopic (exact) mass is 404 g/mol. The number of aryl methyl sites for hydroxylation is 1. The van der Waals surface area contributed by atoms with Crippen LogP contribution in [0.15, 0.2) is 53.4 Å². The topological polar surface area (TPSA) is 84.5 Å². The van der Waals surface area contributed by atoms with Crippen LogP contribution in [0.25, 0.3) is 0 Å². The van der Waals surface area contributed by atoms with Crippen LogP contribution in [0.3, 0.4) is 0 Å². The lowest BCUT2D eigenvalue weighted by atomic mass is 10.0. The summed E-state index contributed by atoms with van der Waals surface area (Å²) in [6, 6.07) is 12.7. The molecule has 6 nitrogen and oxygen atoms in total. The number of sulfonamides is 1. The number of nitrogens with one attached hydrogen (secondary N) is 2. The summed E-state index contributed by atoms with van der Waals surface area (Å²) in [6.07, 6.45) is 2.03. The van der Waals surface area contributed by atoms with Crippen LogP contribution in [-0.4, -0.2) is 27.5 Å². The second-order valence-corrected chi connectivity index (χ2v) is 8.67. The first-order chi connectivity index (χ1) is 13.3. The summed E-state index contributed by atoms with van der Waals surface area (Å²) in [5.74, 6) is -0.0636. The highest BCUT2D eigenvalue weighted by Gasteiger charge is 2.28. The van der Waals surface area contributed by atoms with Crippen LogP contribution in [-0.2, 0) is 21.2 Å². The third kappa shape index (κ3) is 5.81. The Morgan fingerprint density at radius 3 is 2.14 bits per heavy atom. The largest absolute Gasteiger partial charge is 0.497 e. The zero-order chi connectivity index (χ0) is 20.7. The molecule has 7 heteroatoms. The van der Waals surface area contributed by atoms with Gasteiger partial charge in [-0.25, -0.2) is 8.42 Å². The molecule has 0 aromatic heterocycles. The number of ether oxygens (including phenoxy) is 1. The van der Waals surface area contributed by atoms with E-state index >= 15 is 0 Å². The van der Waals surface area contributed by atoms with E-state index in [1.165, 1.54) is 24.8 Å². The molecule has 2 aromatic rings. The fourth-order valence-electron chi connectivity index (χ4n) is 2.75. The SMILES string of the molecule is CCCc1ccc(NC(=O)C(NS(=O)(=O)c2ccc(OC)cc2)C(C)C)cc1. The van der Waals surface area contributed by atoms with Gasteiger partial charge in [-0.2, -0.15) is 4.72 Å². The third-order valence-corrected chi connectivity index (χ3v) is 5.82. The lowest BCUT2D eigenvalue weighted by Gasteiger charge is -2.22. The maximum atomic E-state index is 12.7. The van der Waals surface area contributed by atoms with Gasteiger partial charge in [0, 0.05) is 5.69 Å². The first-order valence-electron chi connectivity index (χ1n) is 9.33. The second-order valence-electron chi connectivity index (χ2n) is 6.95. The van der Waals surface area contributed by atoms with Gasteiger partial charge in [0.25, 0.3) is 0 Å². The van der Waals surface area contributed by atoms with Gasteiger partial charge in [-0.1, -0.05) is 39.3 Å². The van der Waals surface area contributed by atoms with Gasteiger partial charge in [0.15, 0.2) is 0 Å². The van der Waals surface area contributed by atoms with Crippen molar-refractivity contribution in [2.24, 2.45) is 5.92 Å². The van der Waals surface area contributed by atoms with E-state index in [4.69, 9.17) is 4.74 Å². The van der Waals surface area contributed by atoms with Gasteiger partial charge in [-0.3, -0.25) is 4.79 Å². The minimum atomic E-state index is -3.85. The van der Waals surface area contributed by atoms with Crippen LogP contribution >= 0.6 is 0 Å². The zero-order valence-electron chi connectivity index (χ0n) is 16.7. The number of hydrogen-bond acceptors (Lipinski definition) is 4. The number of hydrogen-bond donors (Lipinski definition) is 2. The molecule has 2 aromatic carbocycles. The summed E-state index contributed by atoms with van der Waals surface area (Å²) in [6.45, 7) is 5.70. The summed E-state index contributed by atoms with van der Waals surface area (Å²) >= 11 is 0. The molecule has 0 fully saturated rings. The molecule has 2 N–H and O–H groups in total. The Morgan fingerprint density at radius 2 is 1.64 bits per heavy atom. The van der Waals surface area contributed by atoms with Gasteiger partial charge in [0.1, 0.15) is 11.8 Å². The molecule has 0 aliphatic rings. The zero-order valence-corrected chi connectivity index (χ0v) is 17.5. The fourth-order valence-corrected chi connectivity index (χ4v) is 4.09. The van der Waals surface area contributed by atoms with Gasteiger partial charge in [-0.05, 0) is 54.3 Å². The lowest BCUT2D eigenvalue weighted by molar-refractivity contribution is -0.118. The molecule has 0 saturated carbocycles. The molecule has 2 rings (SSSR count). The van der Waals surface area contributed by atoms with Crippen molar-refractivity contribution in [3.63, 3.8) is 0 Å². The Balaban J connectivity index is 2.13. The van der Waals surface area contributed by atoms with Gasteiger partial charge in [-0.15, -0.1) is 0 Å². The highest BCUT2D eigenvalue weighted by molar-refractivity contribution is 7.89. The number of amides is 1. The number of carbonyl (C=O) groups is 1. The normalized spacial score (nSPS) is 12.6. The molecule has 0 spiro atoms. The van der Waals surface area contributed by atoms with E-state index in [1.807, 2.05) is 24.3 Å². The predicted octanol–water partition coefficient (Wildman–Crippen LogP) is 3.59. The molecule has 0 heterocycles. The summed E-state index contributed by atoms with van der Waals surface area (Å²) in [4.78, 5) is 12.8. The number of methoxy groups -OCH3 is 1. The summed E-state index contributed by atoms with van der Waals surface area (Å²) in [5.41, 5.74) is 1.83. The molecule has 0 bridgehead atoms. The van der Waals surface area contributed by atoms with Crippen LogP contribution < -0.4 is 14.8 Å². The van der Waals surface area contributed by atoms with E-state index in [0.29, 0.717) is 11.4 Å². The fraction of sp³-hybridized carbons (Fsp3) is 0.381. The Labute approximate surface area is 167 Å². The summed E-state index contributed by atoms with van der Waals surface area (Å²) in [7, 11) is -2.34. The molecule has 1 amide bonds. The quantitative estimate of drug-likeness (QED) is 0.669. The summed E-state index contributed by atoms with van der Waals surface area (Å²) < 4.78 is 32.9. The number of anilines is 1. The van der Waals surface area contributed by atoms with E-state index in [1.54, 1.807) is 26.0 Å². The molecular formula is C21H28N2O4S. The minimum Gasteiger partial charge on any atom is -0.497 e. The van der Waals surface area contributed by atoms with E-state index in [9.17, 15) is 13.2 Å². The average molecular weight is 405 g/mol. The van der Waals surface area contributed by atoms with Crippen molar-refractivity contribution >= 4 is 21.6 Å². The van der Waals surface area contributed by atoms with Crippen molar-refractivity contribution in [1.82, 2.24) is 4.72 Å². The maximum absolute atomic E-state index is 12.7. The van der Waals surface area contributed by atoms with Gasteiger partial charge in [0.2, 0.25) is 15.9 Å². The van der Waals surface area contributed by atoms with Crippen LogP contribution in [0.1, 0.15) is 32.8 Å².